The van der Waals surface area contributed by atoms with E-state index in [2.05, 4.69) is 25.6 Å². The third kappa shape index (κ3) is 3.33. The summed E-state index contributed by atoms with van der Waals surface area (Å²) in [6, 6.07) is 4.93. The van der Waals surface area contributed by atoms with Crippen LogP contribution in [0.2, 0.25) is 5.02 Å². The fourth-order valence-electron chi connectivity index (χ4n) is 2.60. The summed E-state index contributed by atoms with van der Waals surface area (Å²) in [6.45, 7) is 3.00. The first-order valence-corrected chi connectivity index (χ1v) is 8.28. The number of aromatic nitrogens is 5. The molecule has 1 aliphatic rings. The molecule has 0 unspecified atom stereocenters. The first-order valence-electron chi connectivity index (χ1n) is 7.90. The molecule has 0 saturated carbocycles. The molecular formula is C16H15ClN6O3. The van der Waals surface area contributed by atoms with Crippen LogP contribution in [0.3, 0.4) is 0 Å². The maximum atomic E-state index is 11.4. The van der Waals surface area contributed by atoms with Crippen molar-refractivity contribution in [2.24, 2.45) is 0 Å². The van der Waals surface area contributed by atoms with Gasteiger partial charge in [-0.2, -0.15) is 0 Å². The molecule has 0 fully saturated rings. The first-order chi connectivity index (χ1) is 12.6. The Morgan fingerprint density at radius 2 is 2.12 bits per heavy atom. The van der Waals surface area contributed by atoms with E-state index in [1.807, 2.05) is 0 Å². The molecule has 0 aliphatic carbocycles. The SMILES string of the molecule is Cc1cc(=O)[nH]c(NCCn2cc(-c3cc4c(cc3Cl)OCO4)nn2)n1. The van der Waals surface area contributed by atoms with Crippen LogP contribution in [-0.2, 0) is 6.54 Å². The summed E-state index contributed by atoms with van der Waals surface area (Å²) in [5.74, 6) is 1.68. The zero-order valence-corrected chi connectivity index (χ0v) is 14.6. The Labute approximate surface area is 152 Å². The minimum Gasteiger partial charge on any atom is -0.454 e. The maximum absolute atomic E-state index is 11.4. The molecule has 0 bridgehead atoms. The molecule has 2 N–H and O–H groups in total. The smallest absolute Gasteiger partial charge is 0.252 e. The number of fused-ring (bicyclic) bond motifs is 1. The maximum Gasteiger partial charge on any atom is 0.252 e. The van der Waals surface area contributed by atoms with Crippen LogP contribution in [0.5, 0.6) is 11.5 Å². The van der Waals surface area contributed by atoms with E-state index < -0.39 is 0 Å². The lowest BCUT2D eigenvalue weighted by Gasteiger charge is -2.05. The van der Waals surface area contributed by atoms with Crippen LogP contribution in [0.4, 0.5) is 5.95 Å². The summed E-state index contributed by atoms with van der Waals surface area (Å²) >= 11 is 6.30. The van der Waals surface area contributed by atoms with Crippen LogP contribution >= 0.6 is 11.6 Å². The number of ether oxygens (including phenoxy) is 2. The highest BCUT2D eigenvalue weighted by molar-refractivity contribution is 6.33. The zero-order valence-electron chi connectivity index (χ0n) is 13.8. The van der Waals surface area contributed by atoms with Gasteiger partial charge in [0.15, 0.2) is 11.5 Å². The standard InChI is InChI=1S/C16H15ClN6O3/c1-9-4-15(24)20-16(19-9)18-2-3-23-7-12(21-22-23)10-5-13-14(6-11(10)17)26-8-25-13/h4-7H,2-3,8H2,1H3,(H2,18,19,20,24). The largest absolute Gasteiger partial charge is 0.454 e. The summed E-state index contributed by atoms with van der Waals surface area (Å²) < 4.78 is 12.4. The Morgan fingerprint density at radius 1 is 1.31 bits per heavy atom. The Morgan fingerprint density at radius 3 is 2.92 bits per heavy atom. The van der Waals surface area contributed by atoms with E-state index in [9.17, 15) is 4.79 Å². The number of H-pyrrole nitrogens is 1. The van der Waals surface area contributed by atoms with Gasteiger partial charge >= 0.3 is 0 Å². The van der Waals surface area contributed by atoms with Crippen molar-refractivity contribution in [1.29, 1.82) is 0 Å². The summed E-state index contributed by atoms with van der Waals surface area (Å²) in [4.78, 5) is 18.3. The van der Waals surface area contributed by atoms with E-state index in [1.165, 1.54) is 6.07 Å². The zero-order chi connectivity index (χ0) is 18.1. The molecular weight excluding hydrogens is 360 g/mol. The molecule has 0 atom stereocenters. The number of hydrogen-bond acceptors (Lipinski definition) is 7. The molecule has 0 radical (unpaired) electrons. The van der Waals surface area contributed by atoms with Crippen molar-refractivity contribution >= 4 is 17.5 Å². The summed E-state index contributed by atoms with van der Waals surface area (Å²) in [6.07, 6.45) is 1.79. The van der Waals surface area contributed by atoms with Crippen LogP contribution in [-0.4, -0.2) is 38.3 Å². The van der Waals surface area contributed by atoms with Crippen LogP contribution < -0.4 is 20.3 Å². The van der Waals surface area contributed by atoms with E-state index in [0.717, 1.165) is 5.56 Å². The topological polar surface area (TPSA) is 107 Å². The fraction of sp³-hybridized carbons (Fsp3) is 0.250. The average Bonchev–Trinajstić information content (AvgIpc) is 3.22. The molecule has 134 valence electrons. The number of aryl methyl sites for hydroxylation is 1. The summed E-state index contributed by atoms with van der Waals surface area (Å²) in [5.41, 5.74) is 1.81. The third-order valence-electron chi connectivity index (χ3n) is 3.78. The summed E-state index contributed by atoms with van der Waals surface area (Å²) in [7, 11) is 0. The fourth-order valence-corrected chi connectivity index (χ4v) is 2.85. The van der Waals surface area contributed by atoms with E-state index in [0.29, 0.717) is 46.9 Å². The van der Waals surface area contributed by atoms with Gasteiger partial charge in [-0.15, -0.1) is 5.10 Å². The average molecular weight is 375 g/mol. The number of aromatic amines is 1. The van der Waals surface area contributed by atoms with Crippen molar-refractivity contribution in [2.75, 3.05) is 18.7 Å². The van der Waals surface area contributed by atoms with Gasteiger partial charge in [-0.3, -0.25) is 14.5 Å². The normalized spacial score (nSPS) is 12.4. The highest BCUT2D eigenvalue weighted by atomic mass is 35.5. The van der Waals surface area contributed by atoms with Crippen molar-refractivity contribution in [1.82, 2.24) is 25.0 Å². The Bertz CT molecular complexity index is 1020. The number of halogens is 1. The molecule has 1 aromatic carbocycles. The molecule has 1 aliphatic heterocycles. The molecule has 26 heavy (non-hydrogen) atoms. The second-order valence-electron chi connectivity index (χ2n) is 5.71. The molecule has 0 spiro atoms. The molecule has 0 saturated heterocycles. The number of hydrogen-bond donors (Lipinski definition) is 2. The van der Waals surface area contributed by atoms with Crippen molar-refractivity contribution in [3.8, 4) is 22.8 Å². The Kier molecular flexibility index (Phi) is 4.21. The van der Waals surface area contributed by atoms with E-state index in [4.69, 9.17) is 21.1 Å². The van der Waals surface area contributed by atoms with Gasteiger partial charge in [0.25, 0.3) is 5.56 Å². The van der Waals surface area contributed by atoms with Crippen LogP contribution in [0.1, 0.15) is 5.69 Å². The van der Waals surface area contributed by atoms with Gasteiger partial charge in [-0.05, 0) is 13.0 Å². The van der Waals surface area contributed by atoms with Crippen molar-refractivity contribution in [2.45, 2.75) is 13.5 Å². The number of nitrogens with zero attached hydrogens (tertiary/aromatic N) is 4. The van der Waals surface area contributed by atoms with Gasteiger partial charge < -0.3 is 14.8 Å². The summed E-state index contributed by atoms with van der Waals surface area (Å²) in [5, 5.41) is 11.8. The second-order valence-corrected chi connectivity index (χ2v) is 6.12. The third-order valence-corrected chi connectivity index (χ3v) is 4.09. The van der Waals surface area contributed by atoms with E-state index in [1.54, 1.807) is 29.9 Å². The predicted molar refractivity (Wildman–Crippen MR) is 94.7 cm³/mol. The lowest BCUT2D eigenvalue weighted by Crippen LogP contribution is -2.16. The molecule has 3 aromatic rings. The Hall–Kier alpha value is -3.07. The first kappa shape index (κ1) is 16.4. The highest BCUT2D eigenvalue weighted by Gasteiger charge is 2.18. The van der Waals surface area contributed by atoms with Gasteiger partial charge in [0, 0.05) is 29.9 Å². The lowest BCUT2D eigenvalue weighted by molar-refractivity contribution is 0.174. The second kappa shape index (κ2) is 6.68. The van der Waals surface area contributed by atoms with Gasteiger partial charge in [-0.1, -0.05) is 16.8 Å². The van der Waals surface area contributed by atoms with Crippen LogP contribution in [0, 0.1) is 6.92 Å². The van der Waals surface area contributed by atoms with Crippen LogP contribution in [0.15, 0.2) is 29.2 Å². The molecule has 3 heterocycles. The van der Waals surface area contributed by atoms with Crippen molar-refractivity contribution in [3.05, 3.63) is 45.5 Å². The minimum atomic E-state index is -0.194. The van der Waals surface area contributed by atoms with Gasteiger partial charge in [-0.25, -0.2) is 4.98 Å². The number of anilines is 1. The number of rotatable bonds is 5. The quantitative estimate of drug-likeness (QED) is 0.701. The van der Waals surface area contributed by atoms with Gasteiger partial charge in [0.05, 0.1) is 17.8 Å². The predicted octanol–water partition coefficient (Wildman–Crippen LogP) is 1.83. The van der Waals surface area contributed by atoms with Crippen LogP contribution in [0.25, 0.3) is 11.3 Å². The molecule has 9 nitrogen and oxygen atoms in total. The van der Waals surface area contributed by atoms with Crippen molar-refractivity contribution < 1.29 is 9.47 Å². The highest BCUT2D eigenvalue weighted by Crippen LogP contribution is 2.40. The van der Waals surface area contributed by atoms with Crippen molar-refractivity contribution in [3.63, 3.8) is 0 Å². The lowest BCUT2D eigenvalue weighted by atomic mass is 10.1. The van der Waals surface area contributed by atoms with Gasteiger partial charge in [0.1, 0.15) is 5.69 Å². The molecule has 10 heteroatoms. The monoisotopic (exact) mass is 374 g/mol. The van der Waals surface area contributed by atoms with E-state index in [-0.39, 0.29) is 12.4 Å². The minimum absolute atomic E-state index is 0.183. The molecule has 2 aromatic heterocycles. The van der Waals surface area contributed by atoms with Gasteiger partial charge in [0.2, 0.25) is 12.7 Å². The molecule has 0 amide bonds. The molecule has 4 rings (SSSR count). The van der Waals surface area contributed by atoms with E-state index >= 15 is 0 Å². The Balaban J connectivity index is 1.44. The number of nitrogens with one attached hydrogen (secondary N) is 2. The number of benzene rings is 1.